The van der Waals surface area contributed by atoms with E-state index in [4.69, 9.17) is 16.3 Å². The van der Waals surface area contributed by atoms with Crippen LogP contribution in [0.1, 0.15) is 19.3 Å². The number of carbonyl (C=O) groups excluding carboxylic acids is 1. The summed E-state index contributed by atoms with van der Waals surface area (Å²) in [7, 11) is -2.00. The van der Waals surface area contributed by atoms with Crippen molar-refractivity contribution in [1.82, 2.24) is 9.21 Å². The van der Waals surface area contributed by atoms with E-state index >= 15 is 0 Å². The van der Waals surface area contributed by atoms with Crippen molar-refractivity contribution in [3.8, 4) is 5.75 Å². The molecule has 2 saturated heterocycles. The molecule has 0 aliphatic carbocycles. The molecule has 4 rings (SSSR count). The molecule has 0 saturated carbocycles. The number of amides is 1. The molecule has 7 nitrogen and oxygen atoms in total. The number of halogens is 1. The number of ether oxygens (including phenoxy) is 1. The Bertz CT molecular complexity index is 1060. The molecule has 9 heteroatoms. The molecule has 0 bridgehead atoms. The van der Waals surface area contributed by atoms with Crippen molar-refractivity contribution in [1.29, 1.82) is 0 Å². The lowest BCUT2D eigenvalue weighted by molar-refractivity contribution is -0.136. The Kier molecular flexibility index (Phi) is 7.46. The molecule has 0 radical (unpaired) electrons. The van der Waals surface area contributed by atoms with E-state index in [9.17, 15) is 13.2 Å². The van der Waals surface area contributed by atoms with Gasteiger partial charge in [-0.2, -0.15) is 4.31 Å². The van der Waals surface area contributed by atoms with Gasteiger partial charge in [-0.25, -0.2) is 8.42 Å². The summed E-state index contributed by atoms with van der Waals surface area (Å²) in [5.74, 6) is 0.566. The number of methoxy groups -OCH3 is 1. The van der Waals surface area contributed by atoms with Gasteiger partial charge in [-0.1, -0.05) is 11.6 Å². The predicted molar refractivity (Wildman–Crippen MR) is 129 cm³/mol. The fraction of sp³-hybridized carbons (Fsp3) is 0.458. The second-order valence-corrected chi connectivity index (χ2v) is 10.9. The first-order valence-electron chi connectivity index (χ1n) is 11.3. The maximum atomic E-state index is 13.3. The lowest BCUT2D eigenvalue weighted by Gasteiger charge is -2.34. The summed E-state index contributed by atoms with van der Waals surface area (Å²) in [6.45, 7) is 3.59. The largest absolute Gasteiger partial charge is 0.497 e. The Balaban J connectivity index is 1.39. The number of benzene rings is 2. The molecule has 33 heavy (non-hydrogen) atoms. The zero-order valence-corrected chi connectivity index (χ0v) is 20.4. The van der Waals surface area contributed by atoms with E-state index in [1.54, 1.807) is 19.2 Å². The first-order chi connectivity index (χ1) is 15.9. The van der Waals surface area contributed by atoms with Gasteiger partial charge in [-0.3, -0.25) is 4.79 Å². The van der Waals surface area contributed by atoms with Crippen molar-refractivity contribution < 1.29 is 17.9 Å². The molecule has 2 aliphatic rings. The van der Waals surface area contributed by atoms with Crippen LogP contribution in [-0.2, 0) is 14.8 Å². The molecule has 2 aromatic carbocycles. The highest BCUT2D eigenvalue weighted by molar-refractivity contribution is 7.89. The number of sulfonamides is 1. The highest BCUT2D eigenvalue weighted by atomic mass is 35.5. The zero-order valence-electron chi connectivity index (χ0n) is 18.8. The number of carbonyl (C=O) groups is 1. The summed E-state index contributed by atoms with van der Waals surface area (Å²) in [6.07, 6.45) is 2.26. The zero-order chi connectivity index (χ0) is 23.4. The third-order valence-corrected chi connectivity index (χ3v) is 8.56. The molecule has 2 heterocycles. The smallest absolute Gasteiger partial charge is 0.243 e. The summed E-state index contributed by atoms with van der Waals surface area (Å²) in [5, 5.41) is 0.491. The normalized spacial score (nSPS) is 20.4. The number of anilines is 1. The Morgan fingerprint density at radius 3 is 2.36 bits per heavy atom. The van der Waals surface area contributed by atoms with Gasteiger partial charge in [-0.05, 0) is 67.8 Å². The lowest BCUT2D eigenvalue weighted by Crippen LogP contribution is -2.47. The molecular formula is C24H30ClN3O4S. The molecular weight excluding hydrogens is 462 g/mol. The van der Waals surface area contributed by atoms with Crippen LogP contribution in [0.4, 0.5) is 5.69 Å². The lowest BCUT2D eigenvalue weighted by atomic mass is 9.98. The van der Waals surface area contributed by atoms with Crippen molar-refractivity contribution in [2.75, 3.05) is 51.3 Å². The van der Waals surface area contributed by atoms with Gasteiger partial charge in [0.15, 0.2) is 0 Å². The monoisotopic (exact) mass is 491 g/mol. The molecule has 1 atom stereocenters. The Morgan fingerprint density at radius 1 is 0.939 bits per heavy atom. The summed E-state index contributed by atoms with van der Waals surface area (Å²) < 4.78 is 32.9. The van der Waals surface area contributed by atoms with Gasteiger partial charge in [0.1, 0.15) is 5.75 Å². The third-order valence-electron chi connectivity index (χ3n) is 6.43. The maximum absolute atomic E-state index is 13.3. The van der Waals surface area contributed by atoms with Crippen molar-refractivity contribution in [2.24, 2.45) is 5.92 Å². The van der Waals surface area contributed by atoms with Gasteiger partial charge in [-0.15, -0.1) is 0 Å². The van der Waals surface area contributed by atoms with Crippen LogP contribution >= 0.6 is 11.6 Å². The maximum Gasteiger partial charge on any atom is 0.243 e. The van der Waals surface area contributed by atoms with Crippen molar-refractivity contribution in [3.63, 3.8) is 0 Å². The first-order valence-corrected chi connectivity index (χ1v) is 13.1. The second kappa shape index (κ2) is 10.3. The molecule has 0 N–H and O–H groups in total. The Labute approximate surface area is 200 Å². The van der Waals surface area contributed by atoms with Gasteiger partial charge in [0.25, 0.3) is 0 Å². The van der Waals surface area contributed by atoms with Crippen LogP contribution < -0.4 is 9.64 Å². The van der Waals surface area contributed by atoms with E-state index in [0.717, 1.165) is 30.9 Å². The highest BCUT2D eigenvalue weighted by Gasteiger charge is 2.35. The molecule has 1 unspecified atom stereocenters. The minimum Gasteiger partial charge on any atom is -0.497 e. The quantitative estimate of drug-likeness (QED) is 0.640. The standard InChI is InChI=1S/C24H30ClN3O4S/c1-32-22-9-7-21(8-10-22)26-13-3-14-27(17-16-26)24(29)19-4-2-15-28(18-19)33(30,31)23-11-5-20(25)6-12-23/h5-12,19H,2-4,13-18H2,1H3. The van der Waals surface area contributed by atoms with Gasteiger partial charge in [0, 0.05) is 50.0 Å². The molecule has 2 aliphatic heterocycles. The molecule has 0 aromatic heterocycles. The number of hydrogen-bond donors (Lipinski definition) is 0. The van der Waals surface area contributed by atoms with Crippen LogP contribution in [0.25, 0.3) is 0 Å². The van der Waals surface area contributed by atoms with Crippen LogP contribution in [0.5, 0.6) is 5.75 Å². The van der Waals surface area contributed by atoms with Crippen LogP contribution in [-0.4, -0.2) is 69.9 Å². The minimum absolute atomic E-state index is 0.0580. The van der Waals surface area contributed by atoms with E-state index in [0.29, 0.717) is 37.5 Å². The number of piperidine rings is 1. The minimum atomic E-state index is -3.65. The number of rotatable bonds is 5. The summed E-state index contributed by atoms with van der Waals surface area (Å²) in [4.78, 5) is 17.7. The van der Waals surface area contributed by atoms with Crippen molar-refractivity contribution >= 4 is 33.2 Å². The molecule has 2 fully saturated rings. The van der Waals surface area contributed by atoms with Gasteiger partial charge < -0.3 is 14.5 Å². The topological polar surface area (TPSA) is 70.2 Å². The third kappa shape index (κ3) is 5.45. The number of nitrogens with zero attached hydrogens (tertiary/aromatic N) is 3. The van der Waals surface area contributed by atoms with E-state index in [1.807, 2.05) is 29.2 Å². The summed E-state index contributed by atoms with van der Waals surface area (Å²) >= 11 is 5.91. The van der Waals surface area contributed by atoms with Crippen LogP contribution in [0.3, 0.4) is 0 Å². The Morgan fingerprint density at radius 2 is 1.67 bits per heavy atom. The SMILES string of the molecule is COc1ccc(N2CCCN(C(=O)C3CCCN(S(=O)(=O)c4ccc(Cl)cc4)C3)CC2)cc1. The average Bonchev–Trinajstić information content (AvgIpc) is 3.10. The van der Waals surface area contributed by atoms with Crippen molar-refractivity contribution in [2.45, 2.75) is 24.2 Å². The molecule has 1 amide bonds. The second-order valence-electron chi connectivity index (χ2n) is 8.52. The van der Waals surface area contributed by atoms with E-state index < -0.39 is 10.0 Å². The fourth-order valence-corrected chi connectivity index (χ4v) is 6.22. The van der Waals surface area contributed by atoms with Gasteiger partial charge in [0.05, 0.1) is 17.9 Å². The molecule has 0 spiro atoms. The summed E-state index contributed by atoms with van der Waals surface area (Å²) in [6, 6.07) is 14.2. The predicted octanol–water partition coefficient (Wildman–Crippen LogP) is 3.49. The highest BCUT2D eigenvalue weighted by Crippen LogP contribution is 2.27. The van der Waals surface area contributed by atoms with Crippen LogP contribution in [0.15, 0.2) is 53.4 Å². The Hall–Kier alpha value is -2.29. The number of hydrogen-bond acceptors (Lipinski definition) is 5. The van der Waals surface area contributed by atoms with Crippen molar-refractivity contribution in [3.05, 3.63) is 53.6 Å². The first kappa shape index (κ1) is 23.9. The van der Waals surface area contributed by atoms with Crippen LogP contribution in [0, 0.1) is 5.92 Å². The molecule has 178 valence electrons. The van der Waals surface area contributed by atoms with E-state index in [-0.39, 0.29) is 23.3 Å². The van der Waals surface area contributed by atoms with E-state index in [1.165, 1.54) is 16.4 Å². The van der Waals surface area contributed by atoms with Gasteiger partial charge in [0.2, 0.25) is 15.9 Å². The van der Waals surface area contributed by atoms with Crippen LogP contribution in [0.2, 0.25) is 5.02 Å². The van der Waals surface area contributed by atoms with E-state index in [2.05, 4.69) is 4.90 Å². The van der Waals surface area contributed by atoms with Gasteiger partial charge >= 0.3 is 0 Å². The average molecular weight is 492 g/mol. The fourth-order valence-electron chi connectivity index (χ4n) is 4.57. The molecule has 2 aromatic rings. The summed E-state index contributed by atoms with van der Waals surface area (Å²) in [5.41, 5.74) is 1.11.